The first-order chi connectivity index (χ1) is 13.1. The van der Waals surface area contributed by atoms with Crippen molar-refractivity contribution < 1.29 is 18.9 Å². The van der Waals surface area contributed by atoms with Crippen molar-refractivity contribution in [3.63, 3.8) is 0 Å². The molecule has 0 aliphatic rings. The molecule has 0 aromatic heterocycles. The lowest BCUT2D eigenvalue weighted by Gasteiger charge is -2.38. The van der Waals surface area contributed by atoms with Gasteiger partial charge in [0.05, 0.1) is 0 Å². The summed E-state index contributed by atoms with van der Waals surface area (Å²) in [5.74, 6) is -0.458. The van der Waals surface area contributed by atoms with Crippen LogP contribution >= 0.6 is 11.6 Å². The van der Waals surface area contributed by atoms with Crippen LogP contribution in [-0.2, 0) is 14.2 Å². The molecule has 1 aromatic carbocycles. The van der Waals surface area contributed by atoms with Crippen molar-refractivity contribution in [1.82, 2.24) is 0 Å². The van der Waals surface area contributed by atoms with Crippen LogP contribution in [0.25, 0.3) is 0 Å². The summed E-state index contributed by atoms with van der Waals surface area (Å²) >= 11 is 6.00. The molecule has 0 heterocycles. The Bertz CT molecular complexity index is 461. The first-order valence-electron chi connectivity index (χ1n) is 10.5. The number of hydrogen-bond donors (Lipinski definition) is 0. The first kappa shape index (κ1) is 24.2. The van der Waals surface area contributed by atoms with Crippen molar-refractivity contribution in [2.24, 2.45) is 0 Å². The second kappa shape index (κ2) is 14.2. The van der Waals surface area contributed by atoms with Crippen LogP contribution in [0.3, 0.4) is 0 Å². The molecule has 1 unspecified atom stereocenters. The normalized spacial score (nSPS) is 12.9. The molecule has 0 fully saturated rings. The maximum Gasteiger partial charge on any atom is 0.322 e. The van der Waals surface area contributed by atoms with E-state index >= 15 is 0 Å². The largest absolute Gasteiger partial charge is 0.482 e. The number of hydrogen-bond acceptors (Lipinski definition) is 4. The average molecular weight is 401 g/mol. The summed E-state index contributed by atoms with van der Waals surface area (Å²) in [5.41, 5.74) is 0. The van der Waals surface area contributed by atoms with Gasteiger partial charge in [0.15, 0.2) is 6.10 Å². The molecule has 5 heteroatoms. The van der Waals surface area contributed by atoms with Crippen LogP contribution in [0.15, 0.2) is 24.3 Å². The maximum atomic E-state index is 6.29. The summed E-state index contributed by atoms with van der Waals surface area (Å²) in [7, 11) is 0. The fraction of sp³-hybridized carbons (Fsp3) is 0.727. The van der Waals surface area contributed by atoms with Crippen LogP contribution in [0.5, 0.6) is 5.75 Å². The highest BCUT2D eigenvalue weighted by Gasteiger charge is 2.44. The molecule has 0 saturated heterocycles. The van der Waals surface area contributed by atoms with Crippen molar-refractivity contribution in [1.29, 1.82) is 0 Å². The predicted octanol–water partition coefficient (Wildman–Crippen LogP) is 6.60. The van der Waals surface area contributed by atoms with Gasteiger partial charge in [-0.05, 0) is 57.9 Å². The first-order valence-corrected chi connectivity index (χ1v) is 10.8. The molecule has 27 heavy (non-hydrogen) atoms. The third-order valence-corrected chi connectivity index (χ3v) is 4.59. The number of halogens is 1. The van der Waals surface area contributed by atoms with Crippen molar-refractivity contribution in [3.8, 4) is 5.75 Å². The molecule has 0 saturated carbocycles. The van der Waals surface area contributed by atoms with Gasteiger partial charge < -0.3 is 18.9 Å². The van der Waals surface area contributed by atoms with Crippen molar-refractivity contribution in [2.75, 3.05) is 19.8 Å². The Morgan fingerprint density at radius 1 is 0.778 bits per heavy atom. The van der Waals surface area contributed by atoms with Crippen LogP contribution in [0.1, 0.15) is 72.6 Å². The molecule has 0 spiro atoms. The summed E-state index contributed by atoms with van der Waals surface area (Å²) in [4.78, 5) is 0. The van der Waals surface area contributed by atoms with E-state index in [0.717, 1.165) is 18.6 Å². The van der Waals surface area contributed by atoms with Gasteiger partial charge in [-0.1, -0.05) is 50.6 Å². The summed E-state index contributed by atoms with van der Waals surface area (Å²) in [6.07, 6.45) is 7.73. The standard InChI is InChI=1S/C22H37ClO4/c1-5-9-10-11-12-13-14-21(27-20-17-15-19(23)16-18-20)22(24-6-2,25-7-3)26-8-4/h15-18,21H,5-14H2,1-4H3. The highest BCUT2D eigenvalue weighted by atomic mass is 35.5. The number of unbranched alkanes of at least 4 members (excludes halogenated alkanes) is 5. The van der Waals surface area contributed by atoms with Gasteiger partial charge in [-0.15, -0.1) is 0 Å². The molecule has 0 radical (unpaired) electrons. The van der Waals surface area contributed by atoms with E-state index in [-0.39, 0.29) is 6.10 Å². The Kier molecular flexibility index (Phi) is 12.8. The Hall–Kier alpha value is -0.810. The van der Waals surface area contributed by atoms with Crippen LogP contribution < -0.4 is 4.74 Å². The molecule has 1 rings (SSSR count). The van der Waals surface area contributed by atoms with Crippen LogP contribution in [0.2, 0.25) is 5.02 Å². The quantitative estimate of drug-likeness (QED) is 0.231. The lowest BCUT2D eigenvalue weighted by Crippen LogP contribution is -2.52. The van der Waals surface area contributed by atoms with E-state index in [0.29, 0.717) is 24.8 Å². The minimum Gasteiger partial charge on any atom is -0.482 e. The van der Waals surface area contributed by atoms with Crippen molar-refractivity contribution in [3.05, 3.63) is 29.3 Å². The molecule has 1 atom stereocenters. The smallest absolute Gasteiger partial charge is 0.322 e. The maximum absolute atomic E-state index is 6.29. The molecule has 0 bridgehead atoms. The van der Waals surface area contributed by atoms with Gasteiger partial charge in [-0.2, -0.15) is 0 Å². The molecular formula is C22H37ClO4. The Labute approximate surface area is 170 Å². The van der Waals surface area contributed by atoms with Gasteiger partial charge in [0, 0.05) is 24.8 Å². The zero-order chi connectivity index (χ0) is 20.0. The predicted molar refractivity (Wildman–Crippen MR) is 111 cm³/mol. The zero-order valence-electron chi connectivity index (χ0n) is 17.5. The van der Waals surface area contributed by atoms with E-state index in [1.54, 1.807) is 0 Å². The highest BCUT2D eigenvalue weighted by molar-refractivity contribution is 6.30. The third kappa shape index (κ3) is 8.82. The van der Waals surface area contributed by atoms with Gasteiger partial charge in [0.25, 0.3) is 0 Å². The second-order valence-corrected chi connectivity index (χ2v) is 6.96. The molecule has 0 aliphatic carbocycles. The van der Waals surface area contributed by atoms with Gasteiger partial charge in [0.1, 0.15) is 5.75 Å². The van der Waals surface area contributed by atoms with Crippen LogP contribution in [0.4, 0.5) is 0 Å². The fourth-order valence-corrected chi connectivity index (χ4v) is 3.23. The minimum atomic E-state index is -1.19. The molecule has 0 amide bonds. The third-order valence-electron chi connectivity index (χ3n) is 4.34. The lowest BCUT2D eigenvalue weighted by atomic mass is 10.1. The SMILES string of the molecule is CCCCCCCCC(Oc1ccc(Cl)cc1)C(OCC)(OCC)OCC. The van der Waals surface area contributed by atoms with Crippen molar-refractivity contribution in [2.45, 2.75) is 84.7 Å². The van der Waals surface area contributed by atoms with E-state index in [4.69, 9.17) is 30.5 Å². The molecule has 0 aliphatic heterocycles. The van der Waals surface area contributed by atoms with Gasteiger partial charge in [-0.3, -0.25) is 0 Å². The summed E-state index contributed by atoms with van der Waals surface area (Å²) in [6.45, 7) is 9.51. The monoisotopic (exact) mass is 400 g/mol. The molecule has 0 N–H and O–H groups in total. The second-order valence-electron chi connectivity index (χ2n) is 6.52. The van der Waals surface area contributed by atoms with Crippen LogP contribution in [-0.4, -0.2) is 31.9 Å². The average Bonchev–Trinajstić information content (AvgIpc) is 2.65. The van der Waals surface area contributed by atoms with Gasteiger partial charge >= 0.3 is 5.97 Å². The molecule has 1 aromatic rings. The highest BCUT2D eigenvalue weighted by Crippen LogP contribution is 2.30. The minimum absolute atomic E-state index is 0.357. The van der Waals surface area contributed by atoms with Crippen molar-refractivity contribution >= 4 is 11.6 Å². The lowest BCUT2D eigenvalue weighted by molar-refractivity contribution is -0.406. The van der Waals surface area contributed by atoms with E-state index < -0.39 is 5.97 Å². The van der Waals surface area contributed by atoms with E-state index in [2.05, 4.69) is 6.92 Å². The zero-order valence-corrected chi connectivity index (χ0v) is 18.2. The van der Waals surface area contributed by atoms with Crippen LogP contribution in [0, 0.1) is 0 Å². The van der Waals surface area contributed by atoms with E-state index in [1.165, 1.54) is 32.1 Å². The number of ether oxygens (including phenoxy) is 4. The Balaban J connectivity index is 2.88. The van der Waals surface area contributed by atoms with E-state index in [9.17, 15) is 0 Å². The fourth-order valence-electron chi connectivity index (χ4n) is 3.10. The van der Waals surface area contributed by atoms with Gasteiger partial charge in [-0.25, -0.2) is 0 Å². The van der Waals surface area contributed by atoms with Gasteiger partial charge in [0.2, 0.25) is 0 Å². The van der Waals surface area contributed by atoms with E-state index in [1.807, 2.05) is 45.0 Å². The topological polar surface area (TPSA) is 36.9 Å². The molecule has 4 nitrogen and oxygen atoms in total. The molecule has 156 valence electrons. The Morgan fingerprint density at radius 2 is 1.30 bits per heavy atom. The summed E-state index contributed by atoms with van der Waals surface area (Å²) in [5, 5.41) is 0.681. The summed E-state index contributed by atoms with van der Waals surface area (Å²) < 4.78 is 24.2. The Morgan fingerprint density at radius 3 is 1.81 bits per heavy atom. The molecular weight excluding hydrogens is 364 g/mol. The summed E-state index contributed by atoms with van der Waals surface area (Å²) in [6, 6.07) is 7.38. The number of rotatable bonds is 16. The number of benzene rings is 1.